The van der Waals surface area contributed by atoms with Gasteiger partial charge in [-0.1, -0.05) is 12.1 Å². The van der Waals surface area contributed by atoms with Gasteiger partial charge in [-0.15, -0.1) is 0 Å². The molecule has 2 fully saturated rings. The van der Waals surface area contributed by atoms with Crippen molar-refractivity contribution in [3.8, 4) is 5.75 Å². The van der Waals surface area contributed by atoms with Crippen LogP contribution in [-0.2, 0) is 13.0 Å². The minimum Gasteiger partial charge on any atom is -0.493 e. The number of hydrogen-bond acceptors (Lipinski definition) is 5. The number of fused-ring (bicyclic) bond motifs is 1. The van der Waals surface area contributed by atoms with Crippen molar-refractivity contribution >= 4 is 11.7 Å². The molecular formula is C23H28N4O2. The molecule has 0 radical (unpaired) electrons. The summed E-state index contributed by atoms with van der Waals surface area (Å²) >= 11 is 0. The van der Waals surface area contributed by atoms with E-state index in [1.165, 1.54) is 24.0 Å². The molecule has 5 rings (SSSR count). The molecule has 29 heavy (non-hydrogen) atoms. The lowest BCUT2D eigenvalue weighted by molar-refractivity contribution is 0.0628. The maximum atomic E-state index is 13.2. The van der Waals surface area contributed by atoms with Gasteiger partial charge in [-0.25, -0.2) is 4.98 Å². The maximum Gasteiger partial charge on any atom is 0.257 e. The molecule has 2 saturated heterocycles. The van der Waals surface area contributed by atoms with Gasteiger partial charge in [0.2, 0.25) is 0 Å². The Kier molecular flexibility index (Phi) is 5.10. The topological polar surface area (TPSA) is 48.9 Å². The summed E-state index contributed by atoms with van der Waals surface area (Å²) in [5.41, 5.74) is 3.40. The Morgan fingerprint density at radius 3 is 2.69 bits per heavy atom. The zero-order valence-corrected chi connectivity index (χ0v) is 16.8. The molecule has 0 unspecified atom stereocenters. The molecular weight excluding hydrogens is 364 g/mol. The van der Waals surface area contributed by atoms with Crippen LogP contribution in [0.25, 0.3) is 0 Å². The minimum atomic E-state index is 0.120. The van der Waals surface area contributed by atoms with Gasteiger partial charge in [0.1, 0.15) is 11.6 Å². The van der Waals surface area contributed by atoms with Crippen LogP contribution in [0.15, 0.2) is 36.5 Å². The lowest BCUT2D eigenvalue weighted by Crippen LogP contribution is -2.48. The number of benzene rings is 1. The third-order valence-electron chi connectivity index (χ3n) is 6.24. The zero-order valence-electron chi connectivity index (χ0n) is 16.8. The van der Waals surface area contributed by atoms with Crippen molar-refractivity contribution in [3.05, 3.63) is 53.2 Å². The molecule has 3 aliphatic heterocycles. The summed E-state index contributed by atoms with van der Waals surface area (Å²) in [6.07, 6.45) is 5.16. The van der Waals surface area contributed by atoms with Crippen LogP contribution < -0.4 is 9.64 Å². The average molecular weight is 393 g/mol. The van der Waals surface area contributed by atoms with Crippen molar-refractivity contribution in [2.45, 2.75) is 25.8 Å². The van der Waals surface area contributed by atoms with Crippen molar-refractivity contribution in [2.75, 3.05) is 50.8 Å². The second-order valence-corrected chi connectivity index (χ2v) is 8.18. The summed E-state index contributed by atoms with van der Waals surface area (Å²) < 4.78 is 5.61. The van der Waals surface area contributed by atoms with E-state index < -0.39 is 0 Å². The Morgan fingerprint density at radius 1 is 1.03 bits per heavy atom. The number of ether oxygens (including phenoxy) is 1. The quantitative estimate of drug-likeness (QED) is 0.801. The Morgan fingerprint density at radius 2 is 1.86 bits per heavy atom. The van der Waals surface area contributed by atoms with Gasteiger partial charge in [-0.3, -0.25) is 9.69 Å². The number of aromatic nitrogens is 1. The van der Waals surface area contributed by atoms with Gasteiger partial charge >= 0.3 is 0 Å². The summed E-state index contributed by atoms with van der Waals surface area (Å²) in [5.74, 6) is 2.02. The van der Waals surface area contributed by atoms with E-state index in [0.29, 0.717) is 0 Å². The van der Waals surface area contributed by atoms with Crippen LogP contribution in [-0.4, -0.2) is 66.6 Å². The fourth-order valence-electron chi connectivity index (χ4n) is 4.62. The lowest BCUT2D eigenvalue weighted by Gasteiger charge is -2.35. The first-order valence-corrected chi connectivity index (χ1v) is 10.7. The second kappa shape index (κ2) is 8.03. The van der Waals surface area contributed by atoms with Gasteiger partial charge in [0.25, 0.3) is 5.91 Å². The first-order chi connectivity index (χ1) is 14.3. The van der Waals surface area contributed by atoms with Crippen LogP contribution in [0.5, 0.6) is 5.75 Å². The number of nitrogens with zero attached hydrogens (tertiary/aromatic N) is 4. The van der Waals surface area contributed by atoms with Crippen LogP contribution in [0, 0.1) is 0 Å². The number of amides is 1. The Labute approximate surface area is 172 Å². The van der Waals surface area contributed by atoms with Gasteiger partial charge < -0.3 is 14.5 Å². The molecule has 1 aromatic heterocycles. The van der Waals surface area contributed by atoms with E-state index in [2.05, 4.69) is 33.0 Å². The normalized spacial score (nSPS) is 19.3. The van der Waals surface area contributed by atoms with Gasteiger partial charge in [0.05, 0.1) is 12.2 Å². The molecule has 2 aromatic rings. The Balaban J connectivity index is 1.21. The number of carbonyl (C=O) groups is 1. The number of hydrogen-bond donors (Lipinski definition) is 0. The van der Waals surface area contributed by atoms with Crippen molar-refractivity contribution in [1.82, 2.24) is 14.8 Å². The highest BCUT2D eigenvalue weighted by Crippen LogP contribution is 2.27. The van der Waals surface area contributed by atoms with Crippen LogP contribution in [0.3, 0.4) is 0 Å². The summed E-state index contributed by atoms with van der Waals surface area (Å²) in [6, 6.07) is 10.3. The molecule has 3 aliphatic rings. The van der Waals surface area contributed by atoms with Crippen LogP contribution in [0.2, 0.25) is 0 Å². The van der Waals surface area contributed by atoms with E-state index in [1.54, 1.807) is 6.20 Å². The Hall–Kier alpha value is -2.60. The van der Waals surface area contributed by atoms with E-state index in [0.717, 1.165) is 76.0 Å². The number of carbonyl (C=O) groups excluding carboxylic acids is 1. The smallest absolute Gasteiger partial charge is 0.257 e. The summed E-state index contributed by atoms with van der Waals surface area (Å²) in [4.78, 5) is 24.4. The van der Waals surface area contributed by atoms with E-state index >= 15 is 0 Å². The van der Waals surface area contributed by atoms with E-state index in [9.17, 15) is 4.79 Å². The van der Waals surface area contributed by atoms with Crippen LogP contribution in [0.1, 0.15) is 34.3 Å². The molecule has 4 heterocycles. The first kappa shape index (κ1) is 18.4. The highest BCUT2D eigenvalue weighted by atomic mass is 16.5. The molecule has 152 valence electrons. The molecule has 1 amide bonds. The second-order valence-electron chi connectivity index (χ2n) is 8.18. The van der Waals surface area contributed by atoms with Crippen molar-refractivity contribution in [3.63, 3.8) is 0 Å². The van der Waals surface area contributed by atoms with E-state index in [-0.39, 0.29) is 5.91 Å². The van der Waals surface area contributed by atoms with Gasteiger partial charge in [-0.2, -0.15) is 0 Å². The molecule has 0 N–H and O–H groups in total. The third kappa shape index (κ3) is 3.81. The molecule has 0 bridgehead atoms. The Bertz CT molecular complexity index is 886. The van der Waals surface area contributed by atoms with Gasteiger partial charge in [0.15, 0.2) is 0 Å². The van der Waals surface area contributed by atoms with E-state index in [1.807, 2.05) is 17.0 Å². The predicted octanol–water partition coefficient (Wildman–Crippen LogP) is 2.57. The summed E-state index contributed by atoms with van der Waals surface area (Å²) in [7, 11) is 0. The fourth-order valence-corrected chi connectivity index (χ4v) is 4.62. The largest absolute Gasteiger partial charge is 0.493 e. The van der Waals surface area contributed by atoms with Gasteiger partial charge in [-0.05, 0) is 42.2 Å². The molecule has 0 spiro atoms. The van der Waals surface area contributed by atoms with Crippen molar-refractivity contribution < 1.29 is 9.53 Å². The average Bonchev–Trinajstić information content (AvgIpc) is 3.46. The number of anilines is 1. The highest BCUT2D eigenvalue weighted by Gasteiger charge is 2.27. The van der Waals surface area contributed by atoms with Crippen LogP contribution in [0.4, 0.5) is 5.82 Å². The molecule has 0 saturated carbocycles. The summed E-state index contributed by atoms with van der Waals surface area (Å²) in [6.45, 7) is 7.06. The predicted molar refractivity (Wildman–Crippen MR) is 113 cm³/mol. The molecule has 6 heteroatoms. The lowest BCUT2D eigenvalue weighted by atomic mass is 10.1. The zero-order chi connectivity index (χ0) is 19.6. The maximum absolute atomic E-state index is 13.2. The summed E-state index contributed by atoms with van der Waals surface area (Å²) in [5, 5.41) is 0. The molecule has 6 nitrogen and oxygen atoms in total. The van der Waals surface area contributed by atoms with Crippen molar-refractivity contribution in [1.29, 1.82) is 0 Å². The van der Waals surface area contributed by atoms with Crippen LogP contribution >= 0.6 is 0 Å². The van der Waals surface area contributed by atoms with E-state index in [4.69, 9.17) is 4.74 Å². The molecule has 0 aliphatic carbocycles. The highest BCUT2D eigenvalue weighted by molar-refractivity contribution is 5.99. The number of piperazine rings is 1. The first-order valence-electron chi connectivity index (χ1n) is 10.7. The van der Waals surface area contributed by atoms with Crippen molar-refractivity contribution in [2.24, 2.45) is 0 Å². The molecule has 0 atom stereocenters. The van der Waals surface area contributed by atoms with Gasteiger partial charge in [0, 0.05) is 58.4 Å². The SMILES string of the molecule is O=C(c1cccnc1N1CCCC1)N1CCN(Cc2ccc3c(c2)CCO3)CC1. The fraction of sp³-hybridized carbons (Fsp3) is 0.478. The number of pyridine rings is 1. The minimum absolute atomic E-state index is 0.120. The molecule has 1 aromatic carbocycles. The number of rotatable bonds is 4. The standard InChI is InChI=1S/C23H28N4O2/c28-23(20-4-3-8-24-22(20)26-9-1-2-10-26)27-13-11-25(12-14-27)17-18-5-6-21-19(16-18)7-15-29-21/h3-6,8,16H,1-2,7,9-15,17H2. The monoisotopic (exact) mass is 392 g/mol. The third-order valence-corrected chi connectivity index (χ3v) is 6.24.